The second-order valence-corrected chi connectivity index (χ2v) is 5.21. The summed E-state index contributed by atoms with van der Waals surface area (Å²) in [5, 5.41) is 7.43. The van der Waals surface area contributed by atoms with Crippen molar-refractivity contribution < 1.29 is 18.7 Å². The van der Waals surface area contributed by atoms with Crippen LogP contribution in [0.1, 0.15) is 28.9 Å². The molecule has 0 saturated carbocycles. The first kappa shape index (κ1) is 16.2. The predicted octanol–water partition coefficient (Wildman–Crippen LogP) is 2.89. The lowest BCUT2D eigenvalue weighted by atomic mass is 10.0. The molecule has 0 aliphatic carbocycles. The van der Waals surface area contributed by atoms with Gasteiger partial charge in [-0.05, 0) is 41.1 Å². The number of ether oxygens (including phenoxy) is 2. The quantitative estimate of drug-likeness (QED) is 0.833. The molecule has 1 unspecified atom stereocenters. The molecule has 0 aliphatic heterocycles. The molecule has 0 aliphatic rings. The van der Waals surface area contributed by atoms with E-state index in [2.05, 4.69) is 30.9 Å². The molecule has 0 radical (unpaired) electrons. The van der Waals surface area contributed by atoms with E-state index in [1.807, 2.05) is 0 Å². The summed E-state index contributed by atoms with van der Waals surface area (Å²) in [6, 6.07) is 5.29. The molecule has 0 bridgehead atoms. The Kier molecular flexibility index (Phi) is 4.92. The van der Waals surface area contributed by atoms with Gasteiger partial charge in [0.2, 0.25) is 0 Å². The van der Waals surface area contributed by atoms with Crippen LogP contribution < -0.4 is 10.5 Å². The lowest BCUT2D eigenvalue weighted by Crippen LogP contribution is -2.13. The number of hydrogen-bond donors (Lipinski definition) is 1. The van der Waals surface area contributed by atoms with Gasteiger partial charge in [-0.25, -0.2) is 9.18 Å². The number of aromatic nitrogens is 2. The van der Waals surface area contributed by atoms with Crippen molar-refractivity contribution in [3.8, 4) is 5.75 Å². The minimum Gasteiger partial charge on any atom is -0.482 e. The molecule has 0 fully saturated rings. The van der Waals surface area contributed by atoms with Gasteiger partial charge in [-0.1, -0.05) is 0 Å². The van der Waals surface area contributed by atoms with Gasteiger partial charge in [0.05, 0.1) is 12.7 Å². The van der Waals surface area contributed by atoms with Gasteiger partial charge in [0.15, 0.2) is 11.6 Å². The number of halogens is 2. The molecule has 2 rings (SSSR count). The molecular formula is C14H13BrFN3O3. The fraction of sp³-hybridized carbons (Fsp3) is 0.214. The van der Waals surface area contributed by atoms with Gasteiger partial charge < -0.3 is 15.2 Å². The zero-order chi connectivity index (χ0) is 16.3. The molecule has 1 heterocycles. The summed E-state index contributed by atoms with van der Waals surface area (Å²) in [5.41, 5.74) is 6.25. The van der Waals surface area contributed by atoms with Crippen molar-refractivity contribution in [1.82, 2.24) is 10.2 Å². The molecule has 2 aromatic rings. The number of benzene rings is 1. The zero-order valence-corrected chi connectivity index (χ0v) is 13.4. The summed E-state index contributed by atoms with van der Waals surface area (Å²) in [7, 11) is 1.25. The van der Waals surface area contributed by atoms with Crippen LogP contribution in [0.5, 0.6) is 5.75 Å². The van der Waals surface area contributed by atoms with Crippen LogP contribution in [0.2, 0.25) is 0 Å². The minimum atomic E-state index is -0.650. The number of carbonyl (C=O) groups excluding carboxylic acids is 1. The Morgan fingerprint density at radius 3 is 2.77 bits per heavy atom. The van der Waals surface area contributed by atoms with Crippen LogP contribution >= 0.6 is 15.9 Å². The lowest BCUT2D eigenvalue weighted by molar-refractivity contribution is 0.0595. The van der Waals surface area contributed by atoms with Crippen molar-refractivity contribution in [2.24, 2.45) is 0 Å². The smallest absolute Gasteiger partial charge is 0.338 e. The number of nitrogens with zero attached hydrogens (tertiary/aromatic N) is 2. The number of hydrogen-bond acceptors (Lipinski definition) is 6. The van der Waals surface area contributed by atoms with E-state index >= 15 is 0 Å². The molecule has 1 aromatic carbocycles. The first-order valence-electron chi connectivity index (χ1n) is 6.25. The number of nitrogens with two attached hydrogens (primary N) is 1. The van der Waals surface area contributed by atoms with Crippen LogP contribution in [0.3, 0.4) is 0 Å². The standard InChI is InChI=1S/C14H13BrFN3O3/c1-7(22-11-6-12(15)18-19-13(11)17)10-5-8(16)3-4-9(10)14(20)21-2/h3-7H,1-2H3,(H2,17,19). The number of nitrogen functional groups attached to an aromatic ring is 1. The van der Waals surface area contributed by atoms with Crippen LogP contribution in [0.4, 0.5) is 10.2 Å². The maximum atomic E-state index is 13.5. The van der Waals surface area contributed by atoms with Crippen LogP contribution in [0.25, 0.3) is 0 Å². The van der Waals surface area contributed by atoms with E-state index in [0.717, 1.165) is 0 Å². The minimum absolute atomic E-state index is 0.0890. The second-order valence-electron chi connectivity index (χ2n) is 4.40. The molecule has 0 spiro atoms. The summed E-state index contributed by atoms with van der Waals surface area (Å²) < 4.78 is 24.3. The van der Waals surface area contributed by atoms with E-state index < -0.39 is 17.9 Å². The third-order valence-corrected chi connectivity index (χ3v) is 3.30. The lowest BCUT2D eigenvalue weighted by Gasteiger charge is -2.18. The highest BCUT2D eigenvalue weighted by Gasteiger charge is 2.20. The van der Waals surface area contributed by atoms with Gasteiger partial charge in [0.25, 0.3) is 0 Å². The molecule has 6 nitrogen and oxygen atoms in total. The average molecular weight is 370 g/mol. The van der Waals surface area contributed by atoms with Gasteiger partial charge >= 0.3 is 5.97 Å². The third kappa shape index (κ3) is 3.51. The van der Waals surface area contributed by atoms with E-state index in [-0.39, 0.29) is 17.1 Å². The monoisotopic (exact) mass is 369 g/mol. The molecule has 1 atom stereocenters. The maximum Gasteiger partial charge on any atom is 0.338 e. The van der Waals surface area contributed by atoms with Gasteiger partial charge in [0, 0.05) is 11.6 Å². The third-order valence-electron chi connectivity index (χ3n) is 2.92. The summed E-state index contributed by atoms with van der Waals surface area (Å²) in [6.07, 6.45) is -0.650. The number of methoxy groups -OCH3 is 1. The largest absolute Gasteiger partial charge is 0.482 e. The Morgan fingerprint density at radius 2 is 2.09 bits per heavy atom. The Labute approximate surface area is 134 Å². The molecule has 8 heteroatoms. The van der Waals surface area contributed by atoms with Gasteiger partial charge in [0.1, 0.15) is 16.5 Å². The molecule has 0 amide bonds. The van der Waals surface area contributed by atoms with Gasteiger partial charge in [-0.2, -0.15) is 0 Å². The van der Waals surface area contributed by atoms with Crippen LogP contribution in [-0.2, 0) is 4.74 Å². The van der Waals surface area contributed by atoms with Crippen molar-refractivity contribution in [3.63, 3.8) is 0 Å². The number of anilines is 1. The van der Waals surface area contributed by atoms with E-state index in [1.54, 1.807) is 6.92 Å². The van der Waals surface area contributed by atoms with Crippen molar-refractivity contribution in [3.05, 3.63) is 45.8 Å². The molecule has 22 heavy (non-hydrogen) atoms. The first-order valence-corrected chi connectivity index (χ1v) is 7.04. The fourth-order valence-corrected chi connectivity index (χ4v) is 2.16. The molecule has 1 aromatic heterocycles. The first-order chi connectivity index (χ1) is 10.4. The SMILES string of the molecule is COC(=O)c1ccc(F)cc1C(C)Oc1cc(Br)nnc1N. The van der Waals surface area contributed by atoms with Gasteiger partial charge in [-0.15, -0.1) is 10.2 Å². The summed E-state index contributed by atoms with van der Waals surface area (Å²) in [4.78, 5) is 11.8. The number of esters is 1. The average Bonchev–Trinajstić information content (AvgIpc) is 2.50. The van der Waals surface area contributed by atoms with Crippen LogP contribution in [0.15, 0.2) is 28.9 Å². The van der Waals surface area contributed by atoms with Crippen LogP contribution in [-0.4, -0.2) is 23.3 Å². The highest BCUT2D eigenvalue weighted by atomic mass is 79.9. The molecule has 2 N–H and O–H groups in total. The maximum absolute atomic E-state index is 13.5. The number of carbonyl (C=O) groups is 1. The molecular weight excluding hydrogens is 357 g/mol. The van der Waals surface area contributed by atoms with Crippen molar-refractivity contribution in [2.45, 2.75) is 13.0 Å². The highest BCUT2D eigenvalue weighted by molar-refractivity contribution is 9.10. The fourth-order valence-electron chi connectivity index (χ4n) is 1.88. The Bertz CT molecular complexity index is 712. The molecule has 0 saturated heterocycles. The van der Waals surface area contributed by atoms with Crippen molar-refractivity contribution in [1.29, 1.82) is 0 Å². The zero-order valence-electron chi connectivity index (χ0n) is 11.8. The van der Waals surface area contributed by atoms with Crippen LogP contribution in [0, 0.1) is 5.82 Å². The van der Waals surface area contributed by atoms with Gasteiger partial charge in [-0.3, -0.25) is 0 Å². The normalized spacial score (nSPS) is 11.8. The van der Waals surface area contributed by atoms with E-state index in [1.165, 1.54) is 31.4 Å². The van der Waals surface area contributed by atoms with E-state index in [9.17, 15) is 9.18 Å². The predicted molar refractivity (Wildman–Crippen MR) is 80.9 cm³/mol. The molecule has 116 valence electrons. The highest BCUT2D eigenvalue weighted by Crippen LogP contribution is 2.29. The number of rotatable bonds is 4. The van der Waals surface area contributed by atoms with E-state index in [4.69, 9.17) is 10.5 Å². The Balaban J connectivity index is 2.36. The summed E-state index contributed by atoms with van der Waals surface area (Å²) in [5.74, 6) is -0.701. The Morgan fingerprint density at radius 1 is 1.36 bits per heavy atom. The topological polar surface area (TPSA) is 87.3 Å². The Hall–Kier alpha value is -2.22. The summed E-state index contributed by atoms with van der Waals surface area (Å²) >= 11 is 3.16. The van der Waals surface area contributed by atoms with E-state index in [0.29, 0.717) is 10.2 Å². The van der Waals surface area contributed by atoms with Crippen molar-refractivity contribution in [2.75, 3.05) is 12.8 Å². The van der Waals surface area contributed by atoms with Crippen molar-refractivity contribution >= 4 is 27.7 Å². The second kappa shape index (κ2) is 6.69. The summed E-state index contributed by atoms with van der Waals surface area (Å²) in [6.45, 7) is 1.66.